The van der Waals surface area contributed by atoms with Gasteiger partial charge in [-0.25, -0.2) is 0 Å². The van der Waals surface area contributed by atoms with Gasteiger partial charge in [0, 0.05) is 30.6 Å². The van der Waals surface area contributed by atoms with E-state index in [0.29, 0.717) is 30.9 Å². The van der Waals surface area contributed by atoms with Crippen molar-refractivity contribution in [1.29, 1.82) is 0 Å². The Bertz CT molecular complexity index is 956. The van der Waals surface area contributed by atoms with Crippen LogP contribution in [0, 0.1) is 6.92 Å². The molecular formula is C21H24N4O2. The van der Waals surface area contributed by atoms with Gasteiger partial charge in [0.1, 0.15) is 0 Å². The summed E-state index contributed by atoms with van der Waals surface area (Å²) in [4.78, 5) is 26.6. The van der Waals surface area contributed by atoms with Gasteiger partial charge in [0.2, 0.25) is 0 Å². The Morgan fingerprint density at radius 1 is 1.07 bits per heavy atom. The van der Waals surface area contributed by atoms with Crippen molar-refractivity contribution in [2.24, 2.45) is 0 Å². The van der Waals surface area contributed by atoms with Gasteiger partial charge in [-0.15, -0.1) is 0 Å². The summed E-state index contributed by atoms with van der Waals surface area (Å²) in [5.41, 5.74) is 3.89. The number of fused-ring (bicyclic) bond motifs is 1. The number of nitrogens with zero attached hydrogens (tertiary/aromatic N) is 2. The maximum Gasteiger partial charge on any atom is 0.272 e. The van der Waals surface area contributed by atoms with Gasteiger partial charge < -0.3 is 10.2 Å². The highest BCUT2D eigenvalue weighted by Gasteiger charge is 2.15. The second kappa shape index (κ2) is 8.03. The van der Waals surface area contributed by atoms with E-state index in [0.717, 1.165) is 22.0 Å². The predicted molar refractivity (Wildman–Crippen MR) is 106 cm³/mol. The van der Waals surface area contributed by atoms with Gasteiger partial charge in [-0.3, -0.25) is 14.7 Å². The van der Waals surface area contributed by atoms with Crippen LogP contribution in [0.3, 0.4) is 0 Å². The van der Waals surface area contributed by atoms with E-state index < -0.39 is 0 Å². The Hall–Kier alpha value is -3.15. The predicted octanol–water partition coefficient (Wildman–Crippen LogP) is 3.28. The van der Waals surface area contributed by atoms with Gasteiger partial charge in [-0.05, 0) is 50.6 Å². The minimum Gasteiger partial charge on any atom is -0.347 e. The molecule has 0 unspecified atom stereocenters. The van der Waals surface area contributed by atoms with Crippen LogP contribution in [0.4, 0.5) is 0 Å². The number of amides is 2. The molecule has 0 bridgehead atoms. The summed E-state index contributed by atoms with van der Waals surface area (Å²) in [6, 6.07) is 13.2. The molecule has 0 saturated heterocycles. The van der Waals surface area contributed by atoms with Gasteiger partial charge in [-0.2, -0.15) is 5.10 Å². The lowest BCUT2D eigenvalue weighted by molar-refractivity contribution is 0.0772. The standard InChI is InChI=1S/C21H24N4O2/c1-4-25(5-2)21(27)16-9-7-15(8-10-16)13-22-20(26)19-17-12-14(3)6-11-18(17)23-24-19/h6-12H,4-5,13H2,1-3H3,(H,22,26)(H,23,24). The van der Waals surface area contributed by atoms with Crippen LogP contribution in [-0.2, 0) is 6.54 Å². The fourth-order valence-electron chi connectivity index (χ4n) is 3.03. The van der Waals surface area contributed by atoms with Crippen molar-refractivity contribution in [2.45, 2.75) is 27.3 Å². The van der Waals surface area contributed by atoms with Crippen molar-refractivity contribution in [2.75, 3.05) is 13.1 Å². The summed E-state index contributed by atoms with van der Waals surface area (Å²) in [5.74, 6) is -0.205. The molecule has 2 aromatic carbocycles. The summed E-state index contributed by atoms with van der Waals surface area (Å²) in [5, 5.41) is 10.7. The number of rotatable bonds is 6. The van der Waals surface area contributed by atoms with E-state index in [4.69, 9.17) is 0 Å². The molecule has 6 nitrogen and oxygen atoms in total. The molecular weight excluding hydrogens is 340 g/mol. The third-order valence-electron chi connectivity index (χ3n) is 4.64. The van der Waals surface area contributed by atoms with Crippen LogP contribution in [0.15, 0.2) is 42.5 Å². The van der Waals surface area contributed by atoms with Crippen molar-refractivity contribution in [3.05, 3.63) is 64.8 Å². The number of hydrogen-bond donors (Lipinski definition) is 2. The Kier molecular flexibility index (Phi) is 5.54. The van der Waals surface area contributed by atoms with Gasteiger partial charge >= 0.3 is 0 Å². The van der Waals surface area contributed by atoms with Crippen LogP contribution in [-0.4, -0.2) is 40.0 Å². The topological polar surface area (TPSA) is 78.1 Å². The molecule has 140 valence electrons. The fourth-order valence-corrected chi connectivity index (χ4v) is 3.03. The largest absolute Gasteiger partial charge is 0.347 e. The number of carbonyl (C=O) groups excluding carboxylic acids is 2. The van der Waals surface area contributed by atoms with Crippen LogP contribution >= 0.6 is 0 Å². The molecule has 3 rings (SSSR count). The molecule has 0 aliphatic rings. The van der Waals surface area contributed by atoms with Crippen LogP contribution in [0.1, 0.15) is 45.8 Å². The van der Waals surface area contributed by atoms with Crippen molar-refractivity contribution < 1.29 is 9.59 Å². The number of carbonyl (C=O) groups is 2. The molecule has 0 aliphatic heterocycles. The summed E-state index contributed by atoms with van der Waals surface area (Å²) in [6.45, 7) is 7.65. The highest BCUT2D eigenvalue weighted by molar-refractivity contribution is 6.04. The smallest absolute Gasteiger partial charge is 0.272 e. The average Bonchev–Trinajstić information content (AvgIpc) is 3.10. The number of H-pyrrole nitrogens is 1. The minimum atomic E-state index is -0.227. The SMILES string of the molecule is CCN(CC)C(=O)c1ccc(CNC(=O)c2n[nH]c3ccc(C)cc23)cc1. The molecule has 1 aromatic heterocycles. The number of benzene rings is 2. The van der Waals surface area contributed by atoms with E-state index in [1.54, 1.807) is 17.0 Å². The second-order valence-corrected chi connectivity index (χ2v) is 6.48. The van der Waals surface area contributed by atoms with E-state index in [1.807, 2.05) is 51.1 Å². The Labute approximate surface area is 158 Å². The molecule has 27 heavy (non-hydrogen) atoms. The van der Waals surface area contributed by atoms with Crippen LogP contribution in [0.25, 0.3) is 10.9 Å². The summed E-state index contributed by atoms with van der Waals surface area (Å²) >= 11 is 0. The van der Waals surface area contributed by atoms with Crippen LogP contribution in [0.2, 0.25) is 0 Å². The van der Waals surface area contributed by atoms with E-state index in [-0.39, 0.29) is 11.8 Å². The zero-order chi connectivity index (χ0) is 19.4. The van der Waals surface area contributed by atoms with E-state index in [9.17, 15) is 9.59 Å². The molecule has 2 N–H and O–H groups in total. The van der Waals surface area contributed by atoms with Gasteiger partial charge in [0.25, 0.3) is 11.8 Å². The highest BCUT2D eigenvalue weighted by atomic mass is 16.2. The lowest BCUT2D eigenvalue weighted by Crippen LogP contribution is -2.30. The third-order valence-corrected chi connectivity index (χ3v) is 4.64. The number of aryl methyl sites for hydroxylation is 1. The van der Waals surface area contributed by atoms with E-state index in [1.165, 1.54) is 0 Å². The number of nitrogens with one attached hydrogen (secondary N) is 2. The molecule has 0 fully saturated rings. The van der Waals surface area contributed by atoms with E-state index in [2.05, 4.69) is 15.5 Å². The maximum absolute atomic E-state index is 12.5. The average molecular weight is 364 g/mol. The number of aromatic nitrogens is 2. The summed E-state index contributed by atoms with van der Waals surface area (Å²) in [7, 11) is 0. The van der Waals surface area contributed by atoms with Gasteiger partial charge in [0.05, 0.1) is 5.52 Å². The molecule has 0 spiro atoms. The molecule has 0 aliphatic carbocycles. The Balaban J connectivity index is 1.66. The van der Waals surface area contributed by atoms with Crippen LogP contribution < -0.4 is 5.32 Å². The first-order chi connectivity index (χ1) is 13.0. The van der Waals surface area contributed by atoms with Gasteiger partial charge in [-0.1, -0.05) is 23.8 Å². The molecule has 6 heteroatoms. The monoisotopic (exact) mass is 364 g/mol. The van der Waals surface area contributed by atoms with Crippen molar-refractivity contribution in [3.8, 4) is 0 Å². The second-order valence-electron chi connectivity index (χ2n) is 6.48. The first-order valence-electron chi connectivity index (χ1n) is 9.14. The quantitative estimate of drug-likeness (QED) is 0.704. The van der Waals surface area contributed by atoms with Crippen molar-refractivity contribution in [1.82, 2.24) is 20.4 Å². The minimum absolute atomic E-state index is 0.0222. The Morgan fingerprint density at radius 2 is 1.78 bits per heavy atom. The van der Waals surface area contributed by atoms with Gasteiger partial charge in [0.15, 0.2) is 5.69 Å². The molecule has 3 aromatic rings. The van der Waals surface area contributed by atoms with Crippen LogP contribution in [0.5, 0.6) is 0 Å². The molecule has 0 radical (unpaired) electrons. The molecule has 2 amide bonds. The number of aromatic amines is 1. The lowest BCUT2D eigenvalue weighted by Gasteiger charge is -2.18. The molecule has 0 saturated carbocycles. The highest BCUT2D eigenvalue weighted by Crippen LogP contribution is 2.17. The number of hydrogen-bond acceptors (Lipinski definition) is 3. The van der Waals surface area contributed by atoms with Crippen molar-refractivity contribution >= 4 is 22.7 Å². The zero-order valence-corrected chi connectivity index (χ0v) is 15.9. The first-order valence-corrected chi connectivity index (χ1v) is 9.14. The maximum atomic E-state index is 12.5. The normalized spacial score (nSPS) is 10.8. The van der Waals surface area contributed by atoms with Crippen molar-refractivity contribution in [3.63, 3.8) is 0 Å². The van der Waals surface area contributed by atoms with E-state index >= 15 is 0 Å². The third kappa shape index (κ3) is 4.00. The fraction of sp³-hybridized carbons (Fsp3) is 0.286. The molecule has 1 heterocycles. The molecule has 0 atom stereocenters. The summed E-state index contributed by atoms with van der Waals surface area (Å²) in [6.07, 6.45) is 0. The Morgan fingerprint density at radius 3 is 2.44 bits per heavy atom. The first kappa shape index (κ1) is 18.6. The zero-order valence-electron chi connectivity index (χ0n) is 15.9. The lowest BCUT2D eigenvalue weighted by atomic mass is 10.1. The summed E-state index contributed by atoms with van der Waals surface area (Å²) < 4.78 is 0.